The number of hydrazine groups is 1. The molecule has 8 heteroatoms. The number of carbonyl (C=O) groups is 2. The van der Waals surface area contributed by atoms with Gasteiger partial charge in [-0.05, 0) is 73.1 Å². The number of ether oxygens (including phenoxy) is 1. The lowest BCUT2D eigenvalue weighted by atomic mass is 10.1. The Morgan fingerprint density at radius 2 is 1.71 bits per heavy atom. The lowest BCUT2D eigenvalue weighted by molar-refractivity contribution is -0.123. The van der Waals surface area contributed by atoms with Crippen molar-refractivity contribution in [3.63, 3.8) is 0 Å². The first-order chi connectivity index (χ1) is 13.3. The molecule has 0 bridgehead atoms. The Labute approximate surface area is 167 Å². The van der Waals surface area contributed by atoms with Crippen molar-refractivity contribution in [2.24, 2.45) is 0 Å². The van der Waals surface area contributed by atoms with Crippen LogP contribution in [0.1, 0.15) is 16.7 Å². The van der Waals surface area contributed by atoms with Gasteiger partial charge in [-0.2, -0.15) is 0 Å². The van der Waals surface area contributed by atoms with Crippen molar-refractivity contribution < 1.29 is 18.7 Å². The highest BCUT2D eigenvalue weighted by atomic mass is 32.1. The summed E-state index contributed by atoms with van der Waals surface area (Å²) in [5.41, 5.74) is 7.47. The van der Waals surface area contributed by atoms with E-state index in [2.05, 4.69) is 16.2 Å². The largest absolute Gasteiger partial charge is 0.484 e. The minimum Gasteiger partial charge on any atom is -0.484 e. The van der Waals surface area contributed by atoms with Gasteiger partial charge in [-0.1, -0.05) is 18.2 Å². The fraction of sp³-hybridized carbons (Fsp3) is 0.150. The Bertz CT molecular complexity index is 878. The summed E-state index contributed by atoms with van der Waals surface area (Å²) in [6, 6.07) is 11.3. The molecule has 0 heterocycles. The van der Waals surface area contributed by atoms with Crippen molar-refractivity contribution in [3.05, 3.63) is 71.0 Å². The Kier molecular flexibility index (Phi) is 7.65. The molecule has 0 aliphatic heterocycles. The molecule has 0 aromatic heterocycles. The van der Waals surface area contributed by atoms with Crippen LogP contribution in [0, 0.1) is 19.7 Å². The van der Waals surface area contributed by atoms with Crippen LogP contribution in [0.15, 0.2) is 48.5 Å². The first-order valence-corrected chi connectivity index (χ1v) is 8.77. The van der Waals surface area contributed by atoms with Crippen LogP contribution < -0.4 is 20.9 Å². The Morgan fingerprint density at radius 1 is 1.07 bits per heavy atom. The van der Waals surface area contributed by atoms with E-state index in [0.717, 1.165) is 11.1 Å². The van der Waals surface area contributed by atoms with E-state index in [-0.39, 0.29) is 17.5 Å². The second-order valence-corrected chi connectivity index (χ2v) is 6.40. The second-order valence-electron chi connectivity index (χ2n) is 5.99. The molecule has 0 fully saturated rings. The van der Waals surface area contributed by atoms with E-state index in [1.807, 2.05) is 32.0 Å². The molecule has 0 saturated carbocycles. The number of rotatable bonds is 5. The average molecular weight is 401 g/mol. The highest BCUT2D eigenvalue weighted by Crippen LogP contribution is 2.15. The summed E-state index contributed by atoms with van der Waals surface area (Å²) >= 11 is 4.93. The fourth-order valence-electron chi connectivity index (χ4n) is 2.26. The molecule has 2 aromatic carbocycles. The first-order valence-electron chi connectivity index (χ1n) is 8.36. The van der Waals surface area contributed by atoms with Crippen LogP contribution >= 0.6 is 12.2 Å². The molecule has 2 amide bonds. The van der Waals surface area contributed by atoms with E-state index in [9.17, 15) is 14.0 Å². The molecule has 0 saturated heterocycles. The maximum absolute atomic E-state index is 12.8. The van der Waals surface area contributed by atoms with Crippen LogP contribution in [0.4, 0.5) is 4.39 Å². The molecule has 0 aliphatic carbocycles. The Balaban J connectivity index is 1.71. The zero-order valence-corrected chi connectivity index (χ0v) is 16.2. The smallest absolute Gasteiger partial charge is 0.276 e. The van der Waals surface area contributed by atoms with Crippen LogP contribution in [0.5, 0.6) is 5.75 Å². The van der Waals surface area contributed by atoms with E-state index >= 15 is 0 Å². The first kappa shape index (κ1) is 21.0. The van der Waals surface area contributed by atoms with E-state index in [1.165, 1.54) is 36.4 Å². The summed E-state index contributed by atoms with van der Waals surface area (Å²) in [6.07, 6.45) is 2.75. The number of halogens is 1. The monoisotopic (exact) mass is 401 g/mol. The van der Waals surface area contributed by atoms with Gasteiger partial charge in [0.05, 0.1) is 0 Å². The van der Waals surface area contributed by atoms with Crippen molar-refractivity contribution >= 4 is 35.2 Å². The molecular formula is C20H20FN3O3S. The predicted molar refractivity (Wildman–Crippen MR) is 109 cm³/mol. The fourth-order valence-corrected chi connectivity index (χ4v) is 2.41. The van der Waals surface area contributed by atoms with Crippen LogP contribution in [-0.4, -0.2) is 23.5 Å². The third-order valence-electron chi connectivity index (χ3n) is 3.41. The molecule has 6 nitrogen and oxygen atoms in total. The van der Waals surface area contributed by atoms with Crippen LogP contribution in [0.2, 0.25) is 0 Å². The quantitative estimate of drug-likeness (QED) is 0.408. The standard InChI is InChI=1S/C20H20FN3O3S/c1-13-9-14(2)11-17(10-13)27-12-19(26)23-24-20(28)22-18(25)8-5-15-3-6-16(21)7-4-15/h3-11H,12H2,1-2H3,(H,23,26)(H2,22,24,25,28). The summed E-state index contributed by atoms with van der Waals surface area (Å²) in [7, 11) is 0. The maximum Gasteiger partial charge on any atom is 0.276 e. The summed E-state index contributed by atoms with van der Waals surface area (Å²) in [6.45, 7) is 3.66. The Morgan fingerprint density at radius 3 is 2.36 bits per heavy atom. The van der Waals surface area contributed by atoms with Crippen molar-refractivity contribution in [1.29, 1.82) is 0 Å². The summed E-state index contributed by atoms with van der Waals surface area (Å²) in [5, 5.41) is 2.30. The molecular weight excluding hydrogens is 381 g/mol. The average Bonchev–Trinajstić information content (AvgIpc) is 2.63. The van der Waals surface area contributed by atoms with Gasteiger partial charge in [0, 0.05) is 6.08 Å². The molecule has 146 valence electrons. The predicted octanol–water partition coefficient (Wildman–Crippen LogP) is 2.56. The highest BCUT2D eigenvalue weighted by Gasteiger charge is 2.06. The van der Waals surface area contributed by atoms with E-state index in [0.29, 0.717) is 11.3 Å². The van der Waals surface area contributed by atoms with E-state index < -0.39 is 11.8 Å². The van der Waals surface area contributed by atoms with Crippen LogP contribution in [-0.2, 0) is 9.59 Å². The van der Waals surface area contributed by atoms with Crippen molar-refractivity contribution in [2.75, 3.05) is 6.61 Å². The third kappa shape index (κ3) is 7.55. The van der Waals surface area contributed by atoms with Crippen LogP contribution in [0.3, 0.4) is 0 Å². The molecule has 0 spiro atoms. The molecule has 0 radical (unpaired) electrons. The van der Waals surface area contributed by atoms with E-state index in [1.54, 1.807) is 0 Å². The highest BCUT2D eigenvalue weighted by molar-refractivity contribution is 7.80. The minimum atomic E-state index is -0.498. The summed E-state index contributed by atoms with van der Waals surface area (Å²) in [4.78, 5) is 23.6. The van der Waals surface area contributed by atoms with Gasteiger partial charge < -0.3 is 4.74 Å². The maximum atomic E-state index is 12.8. The van der Waals surface area contributed by atoms with Crippen LogP contribution in [0.25, 0.3) is 6.08 Å². The molecule has 2 aromatic rings. The third-order valence-corrected chi connectivity index (χ3v) is 3.62. The summed E-state index contributed by atoms with van der Waals surface area (Å²) < 4.78 is 18.2. The van der Waals surface area contributed by atoms with Crippen molar-refractivity contribution in [3.8, 4) is 5.75 Å². The topological polar surface area (TPSA) is 79.5 Å². The van der Waals surface area contributed by atoms with Gasteiger partial charge in [0.15, 0.2) is 11.7 Å². The van der Waals surface area contributed by atoms with E-state index in [4.69, 9.17) is 17.0 Å². The molecule has 3 N–H and O–H groups in total. The van der Waals surface area contributed by atoms with Gasteiger partial charge in [0.1, 0.15) is 11.6 Å². The Hall–Kier alpha value is -3.26. The minimum absolute atomic E-state index is 0.0755. The van der Waals surface area contributed by atoms with Gasteiger partial charge in [0.25, 0.3) is 5.91 Å². The number of nitrogens with one attached hydrogen (secondary N) is 3. The van der Waals surface area contributed by atoms with Crippen molar-refractivity contribution in [1.82, 2.24) is 16.2 Å². The van der Waals surface area contributed by atoms with Gasteiger partial charge in [-0.25, -0.2) is 4.39 Å². The lowest BCUT2D eigenvalue weighted by Gasteiger charge is -2.11. The lowest BCUT2D eigenvalue weighted by Crippen LogP contribution is -2.49. The number of hydrogen-bond donors (Lipinski definition) is 3. The molecule has 28 heavy (non-hydrogen) atoms. The van der Waals surface area contributed by atoms with Gasteiger partial charge in [-0.3, -0.25) is 25.8 Å². The number of benzene rings is 2. The van der Waals surface area contributed by atoms with Gasteiger partial charge in [0.2, 0.25) is 5.91 Å². The van der Waals surface area contributed by atoms with Gasteiger partial charge in [-0.15, -0.1) is 0 Å². The molecule has 0 unspecified atom stereocenters. The SMILES string of the molecule is Cc1cc(C)cc(OCC(=O)NNC(=S)NC(=O)C=Cc2ccc(F)cc2)c1. The normalized spacial score (nSPS) is 10.4. The number of carbonyl (C=O) groups excluding carboxylic acids is 2. The zero-order valence-electron chi connectivity index (χ0n) is 15.4. The summed E-state index contributed by atoms with van der Waals surface area (Å²) in [5.74, 6) is -0.723. The van der Waals surface area contributed by atoms with Gasteiger partial charge >= 0.3 is 0 Å². The molecule has 0 aliphatic rings. The number of thiocarbonyl (C=S) groups is 1. The molecule has 0 atom stereocenters. The van der Waals surface area contributed by atoms with Crippen molar-refractivity contribution in [2.45, 2.75) is 13.8 Å². The number of hydrogen-bond acceptors (Lipinski definition) is 4. The number of amides is 2. The second kappa shape index (κ2) is 10.2. The molecule has 2 rings (SSSR count). The number of aryl methyl sites for hydroxylation is 2. The zero-order chi connectivity index (χ0) is 20.5.